The van der Waals surface area contributed by atoms with Crippen molar-refractivity contribution in [3.8, 4) is 0 Å². The molecular weight excluding hydrogens is 292 g/mol. The number of benzene rings is 1. The van der Waals surface area contributed by atoms with Crippen molar-refractivity contribution < 1.29 is 9.53 Å². The summed E-state index contributed by atoms with van der Waals surface area (Å²) in [5.74, 6) is 0. The average molecular weight is 308 g/mol. The fourth-order valence-electron chi connectivity index (χ4n) is 2.05. The van der Waals surface area contributed by atoms with Crippen LogP contribution in [0, 0.1) is 0 Å². The van der Waals surface area contributed by atoms with E-state index in [0.717, 1.165) is 22.2 Å². The first-order valence-electron chi connectivity index (χ1n) is 7.21. The van der Waals surface area contributed by atoms with Gasteiger partial charge in [0.15, 0.2) is 0 Å². The highest BCUT2D eigenvalue weighted by Crippen LogP contribution is 2.10. The van der Waals surface area contributed by atoms with E-state index in [2.05, 4.69) is 20.5 Å². The molecule has 1 aromatic carbocycles. The van der Waals surface area contributed by atoms with Crippen molar-refractivity contribution in [1.82, 2.24) is 20.5 Å². The summed E-state index contributed by atoms with van der Waals surface area (Å²) >= 11 is 0. The molecule has 116 valence electrons. The molecule has 3 rings (SSSR count). The topological polar surface area (TPSA) is 79.9 Å². The van der Waals surface area contributed by atoms with E-state index in [-0.39, 0.29) is 6.61 Å². The Balaban J connectivity index is 1.44. The summed E-state index contributed by atoms with van der Waals surface area (Å²) in [7, 11) is 0. The number of aromatic amines is 1. The number of pyridine rings is 1. The maximum Gasteiger partial charge on any atom is 0.407 e. The van der Waals surface area contributed by atoms with Crippen LogP contribution in [0.2, 0.25) is 0 Å². The second-order valence-corrected chi connectivity index (χ2v) is 4.92. The second kappa shape index (κ2) is 7.22. The van der Waals surface area contributed by atoms with Gasteiger partial charge in [0.05, 0.1) is 11.7 Å². The number of fused-ring (bicyclic) bond motifs is 1. The van der Waals surface area contributed by atoms with Crippen molar-refractivity contribution in [2.45, 2.75) is 6.61 Å². The summed E-state index contributed by atoms with van der Waals surface area (Å²) in [6.07, 6.45) is 6.70. The van der Waals surface area contributed by atoms with Crippen LogP contribution in [0.3, 0.4) is 0 Å². The summed E-state index contributed by atoms with van der Waals surface area (Å²) in [4.78, 5) is 15.8. The predicted molar refractivity (Wildman–Crippen MR) is 87.6 cm³/mol. The molecule has 0 atom stereocenters. The van der Waals surface area contributed by atoms with Gasteiger partial charge in [-0.2, -0.15) is 5.10 Å². The minimum atomic E-state index is -0.444. The van der Waals surface area contributed by atoms with Gasteiger partial charge in [-0.25, -0.2) is 4.79 Å². The molecule has 0 bridgehead atoms. The molecule has 2 aromatic heterocycles. The minimum absolute atomic E-state index is 0.261. The number of carbonyl (C=O) groups excluding carboxylic acids is 1. The van der Waals surface area contributed by atoms with Crippen molar-refractivity contribution in [3.05, 3.63) is 66.0 Å². The van der Waals surface area contributed by atoms with E-state index >= 15 is 0 Å². The van der Waals surface area contributed by atoms with Crippen LogP contribution < -0.4 is 5.32 Å². The van der Waals surface area contributed by atoms with Crippen molar-refractivity contribution in [1.29, 1.82) is 0 Å². The number of H-pyrrole nitrogens is 1. The SMILES string of the molecule is O=C(NCC=Cc1cnc2cn[nH]c2c1)OCc1ccccc1. The lowest BCUT2D eigenvalue weighted by atomic mass is 10.2. The van der Waals surface area contributed by atoms with Gasteiger partial charge in [-0.15, -0.1) is 0 Å². The summed E-state index contributed by atoms with van der Waals surface area (Å²) in [6.45, 7) is 0.644. The third-order valence-corrected chi connectivity index (χ3v) is 3.20. The molecule has 6 nitrogen and oxygen atoms in total. The average Bonchev–Trinajstić information content (AvgIpc) is 3.05. The van der Waals surface area contributed by atoms with Crippen LogP contribution in [-0.2, 0) is 11.3 Å². The highest BCUT2D eigenvalue weighted by Gasteiger charge is 2.00. The third-order valence-electron chi connectivity index (χ3n) is 3.20. The van der Waals surface area contributed by atoms with Gasteiger partial charge in [0, 0.05) is 12.7 Å². The lowest BCUT2D eigenvalue weighted by molar-refractivity contribution is 0.141. The Morgan fingerprint density at radius 3 is 3.00 bits per heavy atom. The summed E-state index contributed by atoms with van der Waals surface area (Å²) < 4.78 is 5.12. The molecule has 0 spiro atoms. The number of hydrogen-bond acceptors (Lipinski definition) is 4. The number of ether oxygens (including phenoxy) is 1. The zero-order valence-electron chi connectivity index (χ0n) is 12.4. The molecule has 0 saturated carbocycles. The number of amides is 1. The smallest absolute Gasteiger partial charge is 0.407 e. The van der Waals surface area contributed by atoms with E-state index in [0.29, 0.717) is 6.54 Å². The Morgan fingerprint density at radius 2 is 2.13 bits per heavy atom. The molecule has 0 saturated heterocycles. The monoisotopic (exact) mass is 308 g/mol. The van der Waals surface area contributed by atoms with Gasteiger partial charge in [0.2, 0.25) is 0 Å². The first kappa shape index (κ1) is 14.8. The Kier molecular flexibility index (Phi) is 4.63. The molecule has 2 heterocycles. The number of hydrogen-bond donors (Lipinski definition) is 2. The van der Waals surface area contributed by atoms with Crippen LogP contribution in [0.15, 0.2) is 54.9 Å². The standard InChI is InChI=1S/C17H16N4O2/c22-17(23-12-13-5-2-1-3-6-13)18-8-4-7-14-9-15-16(19-10-14)11-20-21-15/h1-7,9-11H,8,12H2,(H,18,22)(H,20,21). The van der Waals surface area contributed by atoms with E-state index in [1.165, 1.54) is 0 Å². The molecule has 0 fully saturated rings. The van der Waals surface area contributed by atoms with Gasteiger partial charge in [-0.3, -0.25) is 10.1 Å². The van der Waals surface area contributed by atoms with Crippen LogP contribution in [0.5, 0.6) is 0 Å². The first-order valence-corrected chi connectivity index (χ1v) is 7.21. The molecule has 0 aliphatic carbocycles. The van der Waals surface area contributed by atoms with Crippen molar-refractivity contribution in [2.75, 3.05) is 6.54 Å². The first-order chi connectivity index (χ1) is 11.3. The quantitative estimate of drug-likeness (QED) is 0.759. The van der Waals surface area contributed by atoms with Crippen molar-refractivity contribution in [2.24, 2.45) is 0 Å². The Labute approximate surface area is 133 Å². The van der Waals surface area contributed by atoms with Crippen LogP contribution in [-0.4, -0.2) is 27.8 Å². The zero-order chi connectivity index (χ0) is 15.9. The molecule has 0 aliphatic rings. The van der Waals surface area contributed by atoms with Gasteiger partial charge in [-0.05, 0) is 17.2 Å². The van der Waals surface area contributed by atoms with E-state index in [1.54, 1.807) is 12.4 Å². The van der Waals surface area contributed by atoms with E-state index in [4.69, 9.17) is 4.74 Å². The number of alkyl carbamates (subject to hydrolysis) is 1. The lowest BCUT2D eigenvalue weighted by Crippen LogP contribution is -2.24. The number of carbonyl (C=O) groups is 1. The molecule has 23 heavy (non-hydrogen) atoms. The molecule has 0 unspecified atom stereocenters. The highest BCUT2D eigenvalue weighted by molar-refractivity contribution is 5.75. The van der Waals surface area contributed by atoms with Crippen molar-refractivity contribution >= 4 is 23.2 Å². The summed E-state index contributed by atoms with van der Waals surface area (Å²) in [5.41, 5.74) is 3.59. The van der Waals surface area contributed by atoms with Gasteiger partial charge >= 0.3 is 6.09 Å². The molecule has 3 aromatic rings. The molecule has 6 heteroatoms. The fraction of sp³-hybridized carbons (Fsp3) is 0.118. The van der Waals surface area contributed by atoms with Gasteiger partial charge < -0.3 is 10.1 Å². The highest BCUT2D eigenvalue weighted by atomic mass is 16.5. The number of rotatable bonds is 5. The molecule has 0 aliphatic heterocycles. The number of aromatic nitrogens is 3. The van der Waals surface area contributed by atoms with E-state index < -0.39 is 6.09 Å². The molecule has 0 radical (unpaired) electrons. The second-order valence-electron chi connectivity index (χ2n) is 4.92. The lowest BCUT2D eigenvalue weighted by Gasteiger charge is -2.05. The molecule has 2 N–H and O–H groups in total. The van der Waals surface area contributed by atoms with Crippen LogP contribution in [0.1, 0.15) is 11.1 Å². The number of nitrogens with one attached hydrogen (secondary N) is 2. The van der Waals surface area contributed by atoms with Crippen LogP contribution in [0.4, 0.5) is 4.79 Å². The Bertz CT molecular complexity index is 812. The van der Waals surface area contributed by atoms with Gasteiger partial charge in [-0.1, -0.05) is 42.5 Å². The van der Waals surface area contributed by atoms with E-state index in [9.17, 15) is 4.79 Å². The van der Waals surface area contributed by atoms with Gasteiger partial charge in [0.25, 0.3) is 0 Å². The molecule has 1 amide bonds. The van der Waals surface area contributed by atoms with E-state index in [1.807, 2.05) is 48.6 Å². The normalized spacial score (nSPS) is 11.0. The maximum absolute atomic E-state index is 11.6. The van der Waals surface area contributed by atoms with Gasteiger partial charge in [0.1, 0.15) is 12.1 Å². The zero-order valence-corrected chi connectivity index (χ0v) is 12.4. The minimum Gasteiger partial charge on any atom is -0.445 e. The van der Waals surface area contributed by atoms with Crippen molar-refractivity contribution in [3.63, 3.8) is 0 Å². The summed E-state index contributed by atoms with van der Waals surface area (Å²) in [5, 5.41) is 9.45. The summed E-state index contributed by atoms with van der Waals surface area (Å²) in [6, 6.07) is 11.5. The van der Waals surface area contributed by atoms with Crippen LogP contribution in [0.25, 0.3) is 17.1 Å². The third kappa shape index (κ3) is 4.16. The Morgan fingerprint density at radius 1 is 1.26 bits per heavy atom. The Hall–Kier alpha value is -3.15. The largest absolute Gasteiger partial charge is 0.445 e. The maximum atomic E-state index is 11.6. The molecular formula is C17H16N4O2. The van der Waals surface area contributed by atoms with Crippen LogP contribution >= 0.6 is 0 Å². The number of nitrogens with zero attached hydrogens (tertiary/aromatic N) is 2. The fourth-order valence-corrected chi connectivity index (χ4v) is 2.05. The predicted octanol–water partition coefficient (Wildman–Crippen LogP) is 2.90.